The van der Waals surface area contributed by atoms with Crippen LogP contribution in [0.3, 0.4) is 0 Å². The molecule has 1 aliphatic rings. The number of amides is 2. The lowest BCUT2D eigenvalue weighted by Gasteiger charge is -2.27. The normalized spacial score (nSPS) is 16.0. The molecule has 3 heterocycles. The van der Waals surface area contributed by atoms with Gasteiger partial charge in [-0.05, 0) is 35.4 Å². The number of ether oxygens (including phenoxy) is 1. The molecule has 0 bridgehead atoms. The average molecular weight is 546 g/mol. The minimum atomic E-state index is -4.61. The standard InChI is InChI=1S/C27H34F3N7O2/c1-26(2,3)20-8-10-36(16-20)25(38)32-14-19-6-5-18(13-22(19)27(28,29)30)23-7-9-31-24(35-23)34-21-15-33-37(17-21)11-12-39-4/h5-7,9,13,15,17,20H,8,10-12,14,16H2,1-4H3,(H,32,38)(H,31,34,35). The number of likely N-dealkylation sites (tertiary alicyclic amines) is 1. The third-order valence-corrected chi connectivity index (χ3v) is 6.91. The van der Waals surface area contributed by atoms with Gasteiger partial charge in [-0.15, -0.1) is 0 Å². The van der Waals surface area contributed by atoms with E-state index in [1.165, 1.54) is 12.3 Å². The summed E-state index contributed by atoms with van der Waals surface area (Å²) >= 11 is 0. The van der Waals surface area contributed by atoms with Crippen molar-refractivity contribution in [3.8, 4) is 11.3 Å². The largest absolute Gasteiger partial charge is 0.416 e. The van der Waals surface area contributed by atoms with Gasteiger partial charge in [0.05, 0.1) is 36.3 Å². The van der Waals surface area contributed by atoms with Gasteiger partial charge in [-0.25, -0.2) is 14.8 Å². The second-order valence-electron chi connectivity index (χ2n) is 10.7. The molecule has 4 rings (SSSR count). The quantitative estimate of drug-likeness (QED) is 0.397. The van der Waals surface area contributed by atoms with E-state index in [4.69, 9.17) is 4.74 Å². The zero-order chi connectivity index (χ0) is 28.2. The third kappa shape index (κ3) is 7.25. The Balaban J connectivity index is 1.47. The molecule has 1 saturated heterocycles. The highest BCUT2D eigenvalue weighted by molar-refractivity contribution is 5.74. The highest BCUT2D eigenvalue weighted by Gasteiger charge is 2.35. The molecule has 39 heavy (non-hydrogen) atoms. The van der Waals surface area contributed by atoms with Gasteiger partial charge in [-0.1, -0.05) is 32.9 Å². The van der Waals surface area contributed by atoms with Crippen molar-refractivity contribution >= 4 is 17.7 Å². The van der Waals surface area contributed by atoms with Crippen molar-refractivity contribution in [1.29, 1.82) is 0 Å². The number of halogens is 3. The van der Waals surface area contributed by atoms with Gasteiger partial charge in [0.25, 0.3) is 0 Å². The highest BCUT2D eigenvalue weighted by atomic mass is 19.4. The van der Waals surface area contributed by atoms with E-state index in [1.54, 1.807) is 41.2 Å². The van der Waals surface area contributed by atoms with E-state index in [9.17, 15) is 18.0 Å². The first-order valence-electron chi connectivity index (χ1n) is 12.8. The number of anilines is 2. The summed E-state index contributed by atoms with van der Waals surface area (Å²) in [6.45, 7) is 8.43. The molecule has 2 aromatic heterocycles. The number of aromatic nitrogens is 4. The Labute approximate surface area is 225 Å². The number of nitrogens with one attached hydrogen (secondary N) is 2. The maximum absolute atomic E-state index is 14.0. The van der Waals surface area contributed by atoms with Crippen LogP contribution in [0.1, 0.15) is 38.3 Å². The summed E-state index contributed by atoms with van der Waals surface area (Å²) in [5, 5.41) is 9.90. The number of hydrogen-bond donors (Lipinski definition) is 2. The lowest BCUT2D eigenvalue weighted by atomic mass is 9.80. The van der Waals surface area contributed by atoms with E-state index < -0.39 is 11.7 Å². The zero-order valence-corrected chi connectivity index (χ0v) is 22.5. The monoisotopic (exact) mass is 545 g/mol. The second kappa shape index (κ2) is 11.6. The van der Waals surface area contributed by atoms with Crippen LogP contribution in [0.25, 0.3) is 11.3 Å². The molecule has 0 aliphatic carbocycles. The van der Waals surface area contributed by atoms with Crippen molar-refractivity contribution in [1.82, 2.24) is 30.0 Å². The second-order valence-corrected chi connectivity index (χ2v) is 10.7. The SMILES string of the molecule is COCCn1cc(Nc2nccc(-c3ccc(CNC(=O)N4CCC(C(C)(C)C)C4)c(C(F)(F)F)c3)n2)cn1. The van der Waals surface area contributed by atoms with Gasteiger partial charge in [0.15, 0.2) is 0 Å². The Hall–Kier alpha value is -3.67. The molecule has 0 saturated carbocycles. The Morgan fingerprint density at radius 1 is 1.21 bits per heavy atom. The van der Waals surface area contributed by atoms with Crippen LogP contribution in [-0.4, -0.2) is 57.5 Å². The average Bonchev–Trinajstić information content (AvgIpc) is 3.56. The molecule has 1 atom stereocenters. The molecular weight excluding hydrogens is 511 g/mol. The molecule has 210 valence electrons. The summed E-state index contributed by atoms with van der Waals surface area (Å²) < 4.78 is 48.8. The Morgan fingerprint density at radius 2 is 2.00 bits per heavy atom. The fourth-order valence-electron chi connectivity index (χ4n) is 4.53. The maximum atomic E-state index is 14.0. The molecule has 0 spiro atoms. The molecule has 3 aromatic rings. The van der Waals surface area contributed by atoms with Crippen molar-refractivity contribution in [2.75, 3.05) is 32.1 Å². The molecule has 1 aliphatic heterocycles. The van der Waals surface area contributed by atoms with Crippen LogP contribution in [0.2, 0.25) is 0 Å². The van der Waals surface area contributed by atoms with Gasteiger partial charge < -0.3 is 20.3 Å². The number of rotatable bonds is 8. The van der Waals surface area contributed by atoms with E-state index in [-0.39, 0.29) is 35.1 Å². The summed E-state index contributed by atoms with van der Waals surface area (Å²) in [6.07, 6.45) is 1.10. The molecule has 1 aromatic carbocycles. The lowest BCUT2D eigenvalue weighted by molar-refractivity contribution is -0.138. The summed E-state index contributed by atoms with van der Waals surface area (Å²) in [6, 6.07) is 5.20. The topological polar surface area (TPSA) is 97.2 Å². The Kier molecular flexibility index (Phi) is 8.43. The third-order valence-electron chi connectivity index (χ3n) is 6.91. The number of urea groups is 1. The number of hydrogen-bond acceptors (Lipinski definition) is 6. The number of nitrogens with zero attached hydrogens (tertiary/aromatic N) is 5. The van der Waals surface area contributed by atoms with E-state index in [2.05, 4.69) is 46.5 Å². The van der Waals surface area contributed by atoms with Crippen LogP contribution in [0.5, 0.6) is 0 Å². The number of alkyl halides is 3. The van der Waals surface area contributed by atoms with Gasteiger partial charge in [0.2, 0.25) is 5.95 Å². The van der Waals surface area contributed by atoms with Crippen LogP contribution in [0.15, 0.2) is 42.9 Å². The predicted molar refractivity (Wildman–Crippen MR) is 141 cm³/mol. The number of methoxy groups -OCH3 is 1. The van der Waals surface area contributed by atoms with Crippen LogP contribution in [-0.2, 0) is 24.0 Å². The Bertz CT molecular complexity index is 1290. The molecular formula is C27H34F3N7O2. The van der Waals surface area contributed by atoms with Crippen molar-refractivity contribution in [2.45, 2.75) is 46.5 Å². The summed E-state index contributed by atoms with van der Waals surface area (Å²) in [7, 11) is 1.60. The van der Waals surface area contributed by atoms with Crippen molar-refractivity contribution in [2.24, 2.45) is 11.3 Å². The zero-order valence-electron chi connectivity index (χ0n) is 22.5. The first-order valence-corrected chi connectivity index (χ1v) is 12.8. The summed E-state index contributed by atoms with van der Waals surface area (Å²) in [5.41, 5.74) is 0.481. The van der Waals surface area contributed by atoms with Crippen molar-refractivity contribution < 1.29 is 22.7 Å². The predicted octanol–water partition coefficient (Wildman–Crippen LogP) is 5.33. The van der Waals surface area contributed by atoms with E-state index in [0.717, 1.165) is 12.5 Å². The smallest absolute Gasteiger partial charge is 0.383 e. The Morgan fingerprint density at radius 3 is 2.69 bits per heavy atom. The van der Waals surface area contributed by atoms with E-state index >= 15 is 0 Å². The van der Waals surface area contributed by atoms with Crippen LogP contribution < -0.4 is 10.6 Å². The number of carbonyl (C=O) groups excluding carboxylic acids is 1. The lowest BCUT2D eigenvalue weighted by Crippen LogP contribution is -2.39. The molecule has 12 heteroatoms. The van der Waals surface area contributed by atoms with Gasteiger partial charge >= 0.3 is 12.2 Å². The van der Waals surface area contributed by atoms with E-state index in [1.807, 2.05) is 0 Å². The van der Waals surface area contributed by atoms with Crippen LogP contribution in [0, 0.1) is 11.3 Å². The first-order chi connectivity index (χ1) is 18.4. The molecule has 0 radical (unpaired) electrons. The van der Waals surface area contributed by atoms with E-state index in [0.29, 0.717) is 43.5 Å². The van der Waals surface area contributed by atoms with Crippen molar-refractivity contribution in [3.63, 3.8) is 0 Å². The number of carbonyl (C=O) groups is 1. The molecule has 1 unspecified atom stereocenters. The maximum Gasteiger partial charge on any atom is 0.416 e. The van der Waals surface area contributed by atoms with Gasteiger partial charge in [-0.2, -0.15) is 18.3 Å². The van der Waals surface area contributed by atoms with Crippen LogP contribution in [0.4, 0.5) is 29.6 Å². The minimum Gasteiger partial charge on any atom is -0.383 e. The van der Waals surface area contributed by atoms with Gasteiger partial charge in [0.1, 0.15) is 0 Å². The molecule has 2 amide bonds. The van der Waals surface area contributed by atoms with Gasteiger partial charge in [0, 0.05) is 44.7 Å². The minimum absolute atomic E-state index is 0.0120. The van der Waals surface area contributed by atoms with Crippen molar-refractivity contribution in [3.05, 3.63) is 54.0 Å². The summed E-state index contributed by atoms with van der Waals surface area (Å²) in [4.78, 5) is 22.9. The molecule has 9 nitrogen and oxygen atoms in total. The van der Waals surface area contributed by atoms with Gasteiger partial charge in [-0.3, -0.25) is 4.68 Å². The fraction of sp³-hybridized carbons (Fsp3) is 0.481. The summed E-state index contributed by atoms with van der Waals surface area (Å²) in [5.74, 6) is 0.579. The molecule has 2 N–H and O–H groups in total. The highest BCUT2D eigenvalue weighted by Crippen LogP contribution is 2.36. The van der Waals surface area contributed by atoms with Crippen LogP contribution >= 0.6 is 0 Å². The fourth-order valence-corrected chi connectivity index (χ4v) is 4.53. The first kappa shape index (κ1) is 28.3. The molecule has 1 fully saturated rings. The number of benzene rings is 1.